The van der Waals surface area contributed by atoms with Gasteiger partial charge in [0.25, 0.3) is 0 Å². The number of methoxy groups -OCH3 is 1. The second kappa shape index (κ2) is 5.95. The van der Waals surface area contributed by atoms with Crippen molar-refractivity contribution in [2.24, 2.45) is 0 Å². The maximum Gasteiger partial charge on any atom is 0.130 e. The summed E-state index contributed by atoms with van der Waals surface area (Å²) in [6.07, 6.45) is 0. The maximum atomic E-state index is 5.20. The van der Waals surface area contributed by atoms with E-state index in [9.17, 15) is 0 Å². The largest absolute Gasteiger partial charge is 0.378 e. The molecule has 1 atom stereocenters. The molecule has 0 aliphatic carbocycles. The van der Waals surface area contributed by atoms with Crippen molar-refractivity contribution in [3.05, 3.63) is 22.2 Å². The second-order valence-electron chi connectivity index (χ2n) is 4.13. The molecule has 1 fully saturated rings. The van der Waals surface area contributed by atoms with Crippen LogP contribution < -0.4 is 0 Å². The zero-order chi connectivity index (χ0) is 12.3. The first kappa shape index (κ1) is 13.0. The number of hydrogen-bond donors (Lipinski definition) is 1. The van der Waals surface area contributed by atoms with Gasteiger partial charge in [0.1, 0.15) is 10.5 Å². The van der Waals surface area contributed by atoms with Crippen LogP contribution >= 0.6 is 24.0 Å². The Hall–Kier alpha value is -0.430. The number of nitrogens with one attached hydrogen (secondary N) is 1. The van der Waals surface area contributed by atoms with Crippen molar-refractivity contribution in [1.82, 2.24) is 14.9 Å². The van der Waals surface area contributed by atoms with Crippen molar-refractivity contribution in [1.29, 1.82) is 0 Å². The predicted molar refractivity (Wildman–Crippen MR) is 72.8 cm³/mol. The van der Waals surface area contributed by atoms with Crippen molar-refractivity contribution >= 4 is 24.0 Å². The molecule has 1 unspecified atom stereocenters. The summed E-state index contributed by atoms with van der Waals surface area (Å²) in [5.74, 6) is 3.20. The Morgan fingerprint density at radius 3 is 3.24 bits per heavy atom. The molecular formula is C11H17N3OS2. The Labute approximate surface area is 111 Å². The van der Waals surface area contributed by atoms with Gasteiger partial charge in [0.05, 0.1) is 12.6 Å². The molecule has 1 saturated heterocycles. The SMILES string of the molecule is COCc1cc(=S)nc(C2CSCCN2C)[nH]1. The summed E-state index contributed by atoms with van der Waals surface area (Å²) in [7, 11) is 3.81. The van der Waals surface area contributed by atoms with Crippen molar-refractivity contribution in [3.8, 4) is 0 Å². The minimum absolute atomic E-state index is 0.326. The lowest BCUT2D eigenvalue weighted by molar-refractivity contribution is 0.180. The Morgan fingerprint density at radius 2 is 2.53 bits per heavy atom. The van der Waals surface area contributed by atoms with E-state index in [1.165, 1.54) is 5.75 Å². The Kier molecular flexibility index (Phi) is 4.55. The van der Waals surface area contributed by atoms with Crippen molar-refractivity contribution in [3.63, 3.8) is 0 Å². The Bertz CT molecular complexity index is 435. The Balaban J connectivity index is 2.27. The van der Waals surface area contributed by atoms with Gasteiger partial charge >= 0.3 is 0 Å². The monoisotopic (exact) mass is 271 g/mol. The highest BCUT2D eigenvalue weighted by molar-refractivity contribution is 7.99. The molecule has 2 heterocycles. The van der Waals surface area contributed by atoms with Crippen molar-refractivity contribution < 1.29 is 4.74 Å². The third kappa shape index (κ3) is 3.28. The van der Waals surface area contributed by atoms with E-state index in [0.29, 0.717) is 17.3 Å². The minimum atomic E-state index is 0.326. The minimum Gasteiger partial charge on any atom is -0.378 e. The van der Waals surface area contributed by atoms with E-state index < -0.39 is 0 Å². The van der Waals surface area contributed by atoms with Gasteiger partial charge in [0, 0.05) is 30.9 Å². The van der Waals surface area contributed by atoms with Crippen LogP contribution in [0.3, 0.4) is 0 Å². The summed E-state index contributed by atoms with van der Waals surface area (Å²) in [6.45, 7) is 1.63. The first-order chi connectivity index (χ1) is 8.20. The van der Waals surface area contributed by atoms with Crippen LogP contribution in [-0.2, 0) is 11.3 Å². The van der Waals surface area contributed by atoms with Gasteiger partial charge in [-0.2, -0.15) is 11.8 Å². The molecule has 1 aliphatic heterocycles. The third-order valence-corrected chi connectivity index (χ3v) is 4.06. The fourth-order valence-corrected chi connectivity index (χ4v) is 3.35. The van der Waals surface area contributed by atoms with E-state index in [1.807, 2.05) is 17.8 Å². The summed E-state index contributed by atoms with van der Waals surface area (Å²) in [6, 6.07) is 2.19. The fraction of sp³-hybridized carbons (Fsp3) is 0.636. The average molecular weight is 271 g/mol. The highest BCUT2D eigenvalue weighted by Gasteiger charge is 2.23. The molecule has 2 rings (SSSR count). The zero-order valence-corrected chi connectivity index (χ0v) is 11.7. The first-order valence-corrected chi connectivity index (χ1v) is 7.14. The van der Waals surface area contributed by atoms with Gasteiger partial charge in [-0.3, -0.25) is 4.90 Å². The topological polar surface area (TPSA) is 41.1 Å². The molecule has 94 valence electrons. The fourth-order valence-electron chi connectivity index (χ4n) is 1.89. The number of H-pyrrole nitrogens is 1. The number of aromatic amines is 1. The lowest BCUT2D eigenvalue weighted by Gasteiger charge is -2.31. The smallest absolute Gasteiger partial charge is 0.130 e. The van der Waals surface area contributed by atoms with Crippen LogP contribution in [0.5, 0.6) is 0 Å². The number of aromatic nitrogens is 2. The van der Waals surface area contributed by atoms with Crippen LogP contribution in [0.15, 0.2) is 6.07 Å². The molecule has 1 N–H and O–H groups in total. The number of nitrogens with zero attached hydrogens (tertiary/aromatic N) is 2. The van der Waals surface area contributed by atoms with E-state index in [4.69, 9.17) is 17.0 Å². The van der Waals surface area contributed by atoms with Crippen LogP contribution in [0.2, 0.25) is 0 Å². The molecule has 4 nitrogen and oxygen atoms in total. The van der Waals surface area contributed by atoms with Gasteiger partial charge in [-0.1, -0.05) is 12.2 Å². The lowest BCUT2D eigenvalue weighted by Crippen LogP contribution is -2.34. The lowest BCUT2D eigenvalue weighted by atomic mass is 10.2. The van der Waals surface area contributed by atoms with Gasteiger partial charge in [0.15, 0.2) is 0 Å². The van der Waals surface area contributed by atoms with E-state index in [0.717, 1.165) is 23.8 Å². The average Bonchev–Trinajstić information content (AvgIpc) is 2.29. The second-order valence-corrected chi connectivity index (χ2v) is 5.70. The molecule has 1 aromatic rings. The number of hydrogen-bond acceptors (Lipinski definition) is 5. The van der Waals surface area contributed by atoms with Crippen LogP contribution in [0.1, 0.15) is 17.6 Å². The highest BCUT2D eigenvalue weighted by atomic mass is 32.2. The highest BCUT2D eigenvalue weighted by Crippen LogP contribution is 2.25. The van der Waals surface area contributed by atoms with Crippen LogP contribution in [0.25, 0.3) is 0 Å². The molecule has 1 aromatic heterocycles. The summed E-state index contributed by atoms with van der Waals surface area (Å²) < 4.78 is 5.76. The summed E-state index contributed by atoms with van der Waals surface area (Å²) in [4.78, 5) is 10.1. The summed E-state index contributed by atoms with van der Waals surface area (Å²) in [5, 5.41) is 0. The van der Waals surface area contributed by atoms with Gasteiger partial charge in [-0.05, 0) is 13.1 Å². The van der Waals surface area contributed by atoms with Gasteiger partial charge in [-0.25, -0.2) is 4.98 Å². The molecule has 0 amide bonds. The zero-order valence-electron chi connectivity index (χ0n) is 10.1. The van der Waals surface area contributed by atoms with Crippen molar-refractivity contribution in [2.45, 2.75) is 12.6 Å². The molecule has 0 saturated carbocycles. The molecule has 17 heavy (non-hydrogen) atoms. The Morgan fingerprint density at radius 1 is 1.71 bits per heavy atom. The van der Waals surface area contributed by atoms with Crippen LogP contribution in [0.4, 0.5) is 0 Å². The molecule has 0 bridgehead atoms. The normalized spacial score (nSPS) is 21.6. The van der Waals surface area contributed by atoms with Crippen molar-refractivity contribution in [2.75, 3.05) is 32.2 Å². The maximum absolute atomic E-state index is 5.20. The standard InChI is InChI=1S/C11H17N3OS2/c1-14-3-4-17-7-9(14)11-12-8(6-15-2)5-10(16)13-11/h5,9H,3-4,6-7H2,1-2H3,(H,12,13,16). The quantitative estimate of drug-likeness (QED) is 0.852. The molecule has 6 heteroatoms. The van der Waals surface area contributed by atoms with Crippen LogP contribution in [0, 0.1) is 4.64 Å². The molecule has 0 spiro atoms. The van der Waals surface area contributed by atoms with E-state index >= 15 is 0 Å². The third-order valence-electron chi connectivity index (χ3n) is 2.83. The van der Waals surface area contributed by atoms with E-state index in [-0.39, 0.29) is 0 Å². The number of rotatable bonds is 3. The molecule has 1 aliphatic rings. The molecular weight excluding hydrogens is 254 g/mol. The number of ether oxygens (including phenoxy) is 1. The van der Waals surface area contributed by atoms with Gasteiger partial charge in [-0.15, -0.1) is 0 Å². The number of thioether (sulfide) groups is 1. The molecule has 0 aromatic carbocycles. The van der Waals surface area contributed by atoms with Gasteiger partial charge < -0.3 is 9.72 Å². The van der Waals surface area contributed by atoms with Crippen LogP contribution in [-0.4, -0.2) is 47.1 Å². The van der Waals surface area contributed by atoms with E-state index in [1.54, 1.807) is 7.11 Å². The first-order valence-electron chi connectivity index (χ1n) is 5.58. The predicted octanol–water partition coefficient (Wildman–Crippen LogP) is 2.01. The molecule has 0 radical (unpaired) electrons. The van der Waals surface area contributed by atoms with E-state index in [2.05, 4.69) is 21.9 Å². The summed E-state index contributed by atoms with van der Waals surface area (Å²) in [5.41, 5.74) is 0.992. The van der Waals surface area contributed by atoms with Gasteiger partial charge in [0.2, 0.25) is 0 Å². The summed E-state index contributed by atoms with van der Waals surface area (Å²) >= 11 is 7.16.